The normalized spacial score (nSPS) is 12.9. The van der Waals surface area contributed by atoms with Gasteiger partial charge in [-0.2, -0.15) is 0 Å². The van der Waals surface area contributed by atoms with Gasteiger partial charge in [0.1, 0.15) is 0 Å². The molecule has 2 heteroatoms. The average Bonchev–Trinajstić information content (AvgIpc) is 2.38. The largest absolute Gasteiger partial charge is 0.317 e. The molecular formula is C17H30N2. The van der Waals surface area contributed by atoms with Gasteiger partial charge in [-0.3, -0.25) is 4.90 Å². The van der Waals surface area contributed by atoms with Crippen molar-refractivity contribution >= 4 is 0 Å². The van der Waals surface area contributed by atoms with Gasteiger partial charge >= 0.3 is 0 Å². The van der Waals surface area contributed by atoms with Crippen LogP contribution in [0.15, 0.2) is 24.3 Å². The summed E-state index contributed by atoms with van der Waals surface area (Å²) in [5, 5.41) is 3.47. The van der Waals surface area contributed by atoms with Crippen molar-refractivity contribution < 1.29 is 0 Å². The molecule has 1 rings (SSSR count). The summed E-state index contributed by atoms with van der Waals surface area (Å²) in [5.74, 6) is 0. The van der Waals surface area contributed by atoms with E-state index in [4.69, 9.17) is 0 Å². The number of hydrogen-bond acceptors (Lipinski definition) is 2. The van der Waals surface area contributed by atoms with Crippen molar-refractivity contribution in [3.05, 3.63) is 35.4 Å². The number of rotatable bonds is 9. The Bertz CT molecular complexity index is 349. The van der Waals surface area contributed by atoms with Crippen LogP contribution in [0.2, 0.25) is 0 Å². The van der Waals surface area contributed by atoms with Crippen molar-refractivity contribution in [2.24, 2.45) is 0 Å². The number of hydrogen-bond donors (Lipinski definition) is 1. The maximum Gasteiger partial charge on any atom is 0.0233 e. The molecule has 0 saturated carbocycles. The van der Waals surface area contributed by atoms with Crippen LogP contribution in [0.4, 0.5) is 0 Å². The molecule has 0 aliphatic carbocycles. The molecule has 0 spiro atoms. The van der Waals surface area contributed by atoms with Gasteiger partial charge in [0.05, 0.1) is 0 Å². The van der Waals surface area contributed by atoms with Gasteiger partial charge in [-0.05, 0) is 58.8 Å². The SMILES string of the molecule is CCCNCCCC(C)N(C)Cc1cccc(C)c1. The molecule has 0 aliphatic rings. The van der Waals surface area contributed by atoms with E-state index in [0.717, 1.165) is 19.6 Å². The summed E-state index contributed by atoms with van der Waals surface area (Å²) in [6, 6.07) is 9.46. The number of nitrogens with zero attached hydrogens (tertiary/aromatic N) is 1. The van der Waals surface area contributed by atoms with Crippen molar-refractivity contribution in [1.82, 2.24) is 10.2 Å². The summed E-state index contributed by atoms with van der Waals surface area (Å²) in [7, 11) is 2.23. The van der Waals surface area contributed by atoms with Crippen LogP contribution in [0.25, 0.3) is 0 Å². The lowest BCUT2D eigenvalue weighted by Crippen LogP contribution is -2.29. The summed E-state index contributed by atoms with van der Waals surface area (Å²) in [6.45, 7) is 10.0. The van der Waals surface area contributed by atoms with Gasteiger partial charge in [-0.15, -0.1) is 0 Å². The molecule has 0 fully saturated rings. The van der Waals surface area contributed by atoms with E-state index >= 15 is 0 Å². The van der Waals surface area contributed by atoms with Gasteiger partial charge in [0, 0.05) is 12.6 Å². The predicted octanol–water partition coefficient (Wildman–Crippen LogP) is 3.60. The highest BCUT2D eigenvalue weighted by Gasteiger charge is 2.09. The van der Waals surface area contributed by atoms with Crippen LogP contribution < -0.4 is 5.32 Å². The molecule has 1 atom stereocenters. The zero-order valence-electron chi connectivity index (χ0n) is 13.1. The maximum absolute atomic E-state index is 3.47. The molecule has 1 aromatic carbocycles. The van der Waals surface area contributed by atoms with Gasteiger partial charge in [0.15, 0.2) is 0 Å². The molecule has 1 unspecified atom stereocenters. The molecule has 0 bridgehead atoms. The molecule has 0 saturated heterocycles. The molecule has 0 aromatic heterocycles. The first-order valence-corrected chi connectivity index (χ1v) is 7.60. The van der Waals surface area contributed by atoms with Gasteiger partial charge in [0.25, 0.3) is 0 Å². The maximum atomic E-state index is 3.47. The standard InChI is InChI=1S/C17H30N2/c1-5-11-18-12-7-9-16(3)19(4)14-17-10-6-8-15(2)13-17/h6,8,10,13,16,18H,5,7,9,11-12,14H2,1-4H3. The van der Waals surface area contributed by atoms with Crippen molar-refractivity contribution in [3.8, 4) is 0 Å². The second-order valence-corrected chi connectivity index (χ2v) is 5.65. The van der Waals surface area contributed by atoms with Crippen LogP contribution in [0, 0.1) is 6.92 Å². The molecule has 1 aromatic rings. The fourth-order valence-electron chi connectivity index (χ4n) is 2.30. The van der Waals surface area contributed by atoms with E-state index in [1.165, 1.54) is 30.4 Å². The Hall–Kier alpha value is -0.860. The Labute approximate surface area is 119 Å². The molecule has 0 aliphatic heterocycles. The van der Waals surface area contributed by atoms with Crippen molar-refractivity contribution in [2.75, 3.05) is 20.1 Å². The molecule has 2 nitrogen and oxygen atoms in total. The quantitative estimate of drug-likeness (QED) is 0.684. The summed E-state index contributed by atoms with van der Waals surface area (Å²) >= 11 is 0. The number of aryl methyl sites for hydroxylation is 1. The van der Waals surface area contributed by atoms with Crippen molar-refractivity contribution in [1.29, 1.82) is 0 Å². The second-order valence-electron chi connectivity index (χ2n) is 5.65. The summed E-state index contributed by atoms with van der Waals surface area (Å²) in [5.41, 5.74) is 2.76. The lowest BCUT2D eigenvalue weighted by molar-refractivity contribution is 0.234. The van der Waals surface area contributed by atoms with E-state index < -0.39 is 0 Å². The predicted molar refractivity (Wildman–Crippen MR) is 84.5 cm³/mol. The van der Waals surface area contributed by atoms with Gasteiger partial charge in [0.2, 0.25) is 0 Å². The van der Waals surface area contributed by atoms with E-state index in [1.54, 1.807) is 0 Å². The van der Waals surface area contributed by atoms with E-state index in [-0.39, 0.29) is 0 Å². The van der Waals surface area contributed by atoms with Crippen LogP contribution in [-0.2, 0) is 6.54 Å². The zero-order valence-corrected chi connectivity index (χ0v) is 13.1. The number of benzene rings is 1. The first-order valence-electron chi connectivity index (χ1n) is 7.60. The van der Waals surface area contributed by atoms with Crippen molar-refractivity contribution in [2.45, 2.75) is 52.6 Å². The van der Waals surface area contributed by atoms with E-state index in [2.05, 4.69) is 62.3 Å². The third-order valence-corrected chi connectivity index (χ3v) is 3.67. The molecule has 1 N–H and O–H groups in total. The van der Waals surface area contributed by atoms with Crippen LogP contribution in [0.1, 0.15) is 44.2 Å². The lowest BCUT2D eigenvalue weighted by Gasteiger charge is -2.25. The minimum Gasteiger partial charge on any atom is -0.317 e. The molecule has 19 heavy (non-hydrogen) atoms. The zero-order chi connectivity index (χ0) is 14.1. The summed E-state index contributed by atoms with van der Waals surface area (Å²) < 4.78 is 0. The molecule has 0 amide bonds. The smallest absolute Gasteiger partial charge is 0.0233 e. The minimum absolute atomic E-state index is 0.643. The molecule has 0 radical (unpaired) electrons. The molecule has 108 valence electrons. The third kappa shape index (κ3) is 6.74. The Morgan fingerprint density at radius 1 is 1.26 bits per heavy atom. The summed E-state index contributed by atoms with van der Waals surface area (Å²) in [4.78, 5) is 2.45. The number of nitrogens with one attached hydrogen (secondary N) is 1. The Morgan fingerprint density at radius 2 is 2.05 bits per heavy atom. The lowest BCUT2D eigenvalue weighted by atomic mass is 10.1. The van der Waals surface area contributed by atoms with Crippen LogP contribution >= 0.6 is 0 Å². The fourth-order valence-corrected chi connectivity index (χ4v) is 2.30. The van der Waals surface area contributed by atoms with E-state index in [1.807, 2.05) is 0 Å². The fraction of sp³-hybridized carbons (Fsp3) is 0.647. The van der Waals surface area contributed by atoms with Gasteiger partial charge < -0.3 is 5.32 Å². The molecular weight excluding hydrogens is 232 g/mol. The Kier molecular flexibility index (Phi) is 7.76. The van der Waals surface area contributed by atoms with Crippen LogP contribution in [0.3, 0.4) is 0 Å². The van der Waals surface area contributed by atoms with Gasteiger partial charge in [-0.25, -0.2) is 0 Å². The van der Waals surface area contributed by atoms with E-state index in [0.29, 0.717) is 6.04 Å². The minimum atomic E-state index is 0.643. The first kappa shape index (κ1) is 16.2. The highest BCUT2D eigenvalue weighted by atomic mass is 15.1. The third-order valence-electron chi connectivity index (χ3n) is 3.67. The highest BCUT2D eigenvalue weighted by Crippen LogP contribution is 2.11. The Balaban J connectivity index is 2.26. The summed E-state index contributed by atoms with van der Waals surface area (Å²) in [6.07, 6.45) is 3.75. The van der Waals surface area contributed by atoms with E-state index in [9.17, 15) is 0 Å². The second kappa shape index (κ2) is 9.11. The topological polar surface area (TPSA) is 15.3 Å². The first-order chi connectivity index (χ1) is 9.13. The monoisotopic (exact) mass is 262 g/mol. The molecule has 0 heterocycles. The highest BCUT2D eigenvalue weighted by molar-refractivity contribution is 5.22. The average molecular weight is 262 g/mol. The van der Waals surface area contributed by atoms with Crippen LogP contribution in [-0.4, -0.2) is 31.1 Å². The Morgan fingerprint density at radius 3 is 2.74 bits per heavy atom. The van der Waals surface area contributed by atoms with Gasteiger partial charge in [-0.1, -0.05) is 36.8 Å². The van der Waals surface area contributed by atoms with Crippen molar-refractivity contribution in [3.63, 3.8) is 0 Å². The van der Waals surface area contributed by atoms with Crippen LogP contribution in [0.5, 0.6) is 0 Å².